The highest BCUT2D eigenvalue weighted by molar-refractivity contribution is 5.07. The molecule has 0 radical (unpaired) electrons. The number of nitrogens with zero attached hydrogens (tertiary/aromatic N) is 2. The van der Waals surface area contributed by atoms with Gasteiger partial charge in [0.25, 0.3) is 0 Å². The van der Waals surface area contributed by atoms with Crippen LogP contribution in [0.25, 0.3) is 0 Å². The Labute approximate surface area is 129 Å². The summed E-state index contributed by atoms with van der Waals surface area (Å²) in [5.41, 5.74) is -0.394. The first kappa shape index (κ1) is 18.4. The van der Waals surface area contributed by atoms with Crippen LogP contribution in [-0.4, -0.2) is 62.5 Å². The van der Waals surface area contributed by atoms with E-state index in [1.165, 1.54) is 0 Å². The zero-order valence-corrected chi connectivity index (χ0v) is 14.2. The van der Waals surface area contributed by atoms with Crippen LogP contribution >= 0.6 is 0 Å². The molecule has 1 aliphatic heterocycles. The fraction of sp³-hybridized carbons (Fsp3) is 0.938. The second-order valence-electron chi connectivity index (χ2n) is 6.26. The van der Waals surface area contributed by atoms with Crippen molar-refractivity contribution in [3.05, 3.63) is 0 Å². The molecule has 5 nitrogen and oxygen atoms in total. The highest BCUT2D eigenvalue weighted by Crippen LogP contribution is 2.20. The van der Waals surface area contributed by atoms with Crippen LogP contribution in [0.1, 0.15) is 40.0 Å². The monoisotopic (exact) mass is 297 g/mol. The van der Waals surface area contributed by atoms with Crippen LogP contribution in [-0.2, 0) is 9.47 Å². The minimum Gasteiger partial charge on any atom is -0.377 e. The first-order chi connectivity index (χ1) is 10.00. The fourth-order valence-corrected chi connectivity index (χ4v) is 3.13. The van der Waals surface area contributed by atoms with Crippen LogP contribution in [0.4, 0.5) is 0 Å². The molecule has 0 spiro atoms. The molecule has 1 N–H and O–H groups in total. The zero-order chi connectivity index (χ0) is 15.9. The van der Waals surface area contributed by atoms with Gasteiger partial charge in [0, 0.05) is 33.4 Å². The summed E-state index contributed by atoms with van der Waals surface area (Å²) in [6, 6.07) is 2.81. The summed E-state index contributed by atoms with van der Waals surface area (Å²) in [5.74, 6) is 0. The van der Waals surface area contributed by atoms with Crippen LogP contribution in [0, 0.1) is 11.3 Å². The maximum Gasteiger partial charge on any atom is 0.106 e. The van der Waals surface area contributed by atoms with E-state index in [4.69, 9.17) is 9.47 Å². The first-order valence-corrected chi connectivity index (χ1v) is 7.97. The number of ether oxygens (including phenoxy) is 2. The van der Waals surface area contributed by atoms with Gasteiger partial charge in [-0.3, -0.25) is 10.2 Å². The third kappa shape index (κ3) is 5.23. The quantitative estimate of drug-likeness (QED) is 0.703. The van der Waals surface area contributed by atoms with E-state index in [1.807, 2.05) is 0 Å². The summed E-state index contributed by atoms with van der Waals surface area (Å²) in [7, 11) is 3.48. The molecule has 1 heterocycles. The number of methoxy groups -OCH3 is 2. The molecular weight excluding hydrogens is 266 g/mol. The molecule has 5 heteroatoms. The van der Waals surface area contributed by atoms with Crippen LogP contribution in [0.3, 0.4) is 0 Å². The average molecular weight is 297 g/mol. The molecule has 122 valence electrons. The summed E-state index contributed by atoms with van der Waals surface area (Å²) in [6.45, 7) is 9.08. The number of hydrogen-bond donors (Lipinski definition) is 1. The fourth-order valence-electron chi connectivity index (χ4n) is 3.13. The minimum atomic E-state index is -0.394. The lowest BCUT2D eigenvalue weighted by atomic mass is 9.91. The third-order valence-corrected chi connectivity index (χ3v) is 4.36. The van der Waals surface area contributed by atoms with Gasteiger partial charge in [0.1, 0.15) is 5.54 Å². The highest BCUT2D eigenvalue weighted by atomic mass is 16.5. The van der Waals surface area contributed by atoms with Crippen molar-refractivity contribution < 1.29 is 9.47 Å². The molecule has 0 aliphatic carbocycles. The molecular formula is C16H31N3O2. The number of hydrogen-bond acceptors (Lipinski definition) is 5. The lowest BCUT2D eigenvalue weighted by Gasteiger charge is -2.29. The van der Waals surface area contributed by atoms with Crippen LogP contribution < -0.4 is 5.32 Å². The molecule has 0 aromatic carbocycles. The number of rotatable bonds is 9. The van der Waals surface area contributed by atoms with Crippen molar-refractivity contribution in [2.45, 2.75) is 63.8 Å². The summed E-state index contributed by atoms with van der Waals surface area (Å²) in [5, 5.41) is 12.9. The summed E-state index contributed by atoms with van der Waals surface area (Å²) in [4.78, 5) is 2.37. The SMILES string of the molecule is CCC(C#N)(CCCN1CC(OC)C(OC)C1)NC(C)C. The number of nitriles is 1. The topological polar surface area (TPSA) is 57.5 Å². The van der Waals surface area contributed by atoms with E-state index in [2.05, 4.69) is 37.1 Å². The van der Waals surface area contributed by atoms with Crippen molar-refractivity contribution in [1.82, 2.24) is 10.2 Å². The average Bonchev–Trinajstić information content (AvgIpc) is 2.88. The molecule has 1 rings (SSSR count). The van der Waals surface area contributed by atoms with E-state index >= 15 is 0 Å². The van der Waals surface area contributed by atoms with Gasteiger partial charge in [0.05, 0.1) is 18.3 Å². The van der Waals surface area contributed by atoms with Gasteiger partial charge in [-0.15, -0.1) is 0 Å². The Bertz CT molecular complexity index is 331. The van der Waals surface area contributed by atoms with E-state index in [0.29, 0.717) is 6.04 Å². The predicted octanol–water partition coefficient (Wildman–Crippen LogP) is 1.78. The number of nitrogens with one attached hydrogen (secondary N) is 1. The Kier molecular flexibility index (Phi) is 7.61. The number of likely N-dealkylation sites (tertiary alicyclic amines) is 1. The molecule has 3 unspecified atom stereocenters. The van der Waals surface area contributed by atoms with Crippen LogP contribution in [0.5, 0.6) is 0 Å². The van der Waals surface area contributed by atoms with E-state index in [-0.39, 0.29) is 12.2 Å². The summed E-state index contributed by atoms with van der Waals surface area (Å²) in [6.07, 6.45) is 3.05. The van der Waals surface area contributed by atoms with E-state index in [1.54, 1.807) is 14.2 Å². The molecule has 1 fully saturated rings. The molecule has 0 saturated carbocycles. The van der Waals surface area contributed by atoms with Gasteiger partial charge in [0.15, 0.2) is 0 Å². The zero-order valence-electron chi connectivity index (χ0n) is 14.2. The summed E-state index contributed by atoms with van der Waals surface area (Å²) >= 11 is 0. The largest absolute Gasteiger partial charge is 0.377 e. The first-order valence-electron chi connectivity index (χ1n) is 7.97. The Morgan fingerprint density at radius 3 is 2.24 bits per heavy atom. The highest BCUT2D eigenvalue weighted by Gasteiger charge is 2.33. The predicted molar refractivity (Wildman–Crippen MR) is 84.2 cm³/mol. The van der Waals surface area contributed by atoms with Gasteiger partial charge < -0.3 is 9.47 Å². The molecule has 0 aromatic heterocycles. The Balaban J connectivity index is 2.43. The van der Waals surface area contributed by atoms with Gasteiger partial charge >= 0.3 is 0 Å². The second-order valence-corrected chi connectivity index (χ2v) is 6.26. The maximum atomic E-state index is 9.51. The Hall–Kier alpha value is -0.670. The van der Waals surface area contributed by atoms with Crippen molar-refractivity contribution in [2.75, 3.05) is 33.9 Å². The Morgan fingerprint density at radius 2 is 1.86 bits per heavy atom. The molecule has 1 saturated heterocycles. The maximum absolute atomic E-state index is 9.51. The van der Waals surface area contributed by atoms with Crippen molar-refractivity contribution in [1.29, 1.82) is 5.26 Å². The summed E-state index contributed by atoms with van der Waals surface area (Å²) < 4.78 is 10.9. The van der Waals surface area contributed by atoms with Gasteiger partial charge in [-0.05, 0) is 39.7 Å². The van der Waals surface area contributed by atoms with Crippen molar-refractivity contribution in [2.24, 2.45) is 0 Å². The Morgan fingerprint density at radius 1 is 1.29 bits per heavy atom. The third-order valence-electron chi connectivity index (χ3n) is 4.36. The van der Waals surface area contributed by atoms with Gasteiger partial charge in [-0.2, -0.15) is 5.26 Å². The van der Waals surface area contributed by atoms with E-state index < -0.39 is 5.54 Å². The molecule has 0 amide bonds. The molecule has 0 aromatic rings. The molecule has 1 aliphatic rings. The smallest absolute Gasteiger partial charge is 0.106 e. The van der Waals surface area contributed by atoms with Crippen molar-refractivity contribution >= 4 is 0 Å². The van der Waals surface area contributed by atoms with Crippen LogP contribution in [0.15, 0.2) is 0 Å². The van der Waals surface area contributed by atoms with Gasteiger partial charge in [0.2, 0.25) is 0 Å². The normalized spacial score (nSPS) is 26.0. The lowest BCUT2D eigenvalue weighted by Crippen LogP contribution is -2.47. The standard InChI is InChI=1S/C16H31N3O2/c1-6-16(12-17,18-13(2)3)8-7-9-19-10-14(20-4)15(11-19)21-5/h13-15,18H,6-11H2,1-5H3. The van der Waals surface area contributed by atoms with E-state index in [0.717, 1.165) is 38.9 Å². The lowest BCUT2D eigenvalue weighted by molar-refractivity contribution is -0.00461. The molecule has 21 heavy (non-hydrogen) atoms. The van der Waals surface area contributed by atoms with Crippen LogP contribution in [0.2, 0.25) is 0 Å². The van der Waals surface area contributed by atoms with E-state index in [9.17, 15) is 5.26 Å². The van der Waals surface area contributed by atoms with Crippen molar-refractivity contribution in [3.8, 4) is 6.07 Å². The molecule has 3 atom stereocenters. The van der Waals surface area contributed by atoms with Crippen molar-refractivity contribution in [3.63, 3.8) is 0 Å². The second kappa shape index (κ2) is 8.70. The van der Waals surface area contributed by atoms with Gasteiger partial charge in [-0.25, -0.2) is 0 Å². The van der Waals surface area contributed by atoms with Gasteiger partial charge in [-0.1, -0.05) is 6.92 Å². The minimum absolute atomic E-state index is 0.163. The molecule has 0 bridgehead atoms.